The van der Waals surface area contributed by atoms with Crippen LogP contribution in [0.15, 0.2) is 0 Å². The number of amides is 1. The molecule has 0 radical (unpaired) electrons. The number of carbonyl (C=O) groups excluding carboxylic acids is 1. The van der Waals surface area contributed by atoms with E-state index in [1.54, 1.807) is 11.6 Å². The van der Waals surface area contributed by atoms with Crippen molar-refractivity contribution in [3.8, 4) is 0 Å². The summed E-state index contributed by atoms with van der Waals surface area (Å²) >= 11 is -2.45. The number of hydrogen-bond acceptors (Lipinski definition) is 3. The molecule has 0 aromatic rings. The highest BCUT2D eigenvalue weighted by Gasteiger charge is 1.91. The van der Waals surface area contributed by atoms with Gasteiger partial charge in [-0.05, 0) is 0 Å². The highest BCUT2D eigenvalue weighted by Crippen LogP contribution is 1.73. The Morgan fingerprint density at radius 3 is 2.50 bits per heavy atom. The summed E-state index contributed by atoms with van der Waals surface area (Å²) in [5.74, 6) is -0.488. The molecule has 0 spiro atoms. The fourth-order valence-corrected chi connectivity index (χ4v) is 0.495. The van der Waals surface area contributed by atoms with E-state index in [4.69, 9.17) is 0 Å². The Hall–Kier alpha value is -0.420. The van der Waals surface area contributed by atoms with Gasteiger partial charge >= 0.3 is 0 Å². The fourth-order valence-electron chi connectivity index (χ4n) is 0.165. The third-order valence-corrected chi connectivity index (χ3v) is 0.913. The molecule has 1 amide bonds. The quantitative estimate of drug-likeness (QED) is 0.511. The van der Waals surface area contributed by atoms with Gasteiger partial charge in [-0.3, -0.25) is 13.7 Å². The zero-order valence-corrected chi connectivity index (χ0v) is 5.16. The van der Waals surface area contributed by atoms with Crippen LogP contribution >= 0.6 is 0 Å². The smallest absolute Gasteiger partial charge is 0.230 e. The van der Waals surface area contributed by atoms with Crippen molar-refractivity contribution in [2.75, 3.05) is 0 Å². The van der Waals surface area contributed by atoms with E-state index in [1.165, 1.54) is 0 Å². The first-order valence-electron chi connectivity index (χ1n) is 2.05. The summed E-state index contributed by atoms with van der Waals surface area (Å²) in [5.41, 5.74) is 0. The highest BCUT2D eigenvalue weighted by atomic mass is 32.2. The lowest BCUT2D eigenvalue weighted by molar-refractivity contribution is -0.119. The molecule has 1 N–H and O–H groups in total. The van der Waals surface area contributed by atoms with Crippen molar-refractivity contribution < 1.29 is 13.6 Å². The van der Waals surface area contributed by atoms with Crippen LogP contribution < -0.4 is 4.72 Å². The number of carbonyl (C=O) groups is 1. The van der Waals surface area contributed by atoms with Crippen molar-refractivity contribution >= 4 is 17.2 Å². The van der Waals surface area contributed by atoms with Crippen molar-refractivity contribution in [2.45, 2.75) is 13.3 Å². The van der Waals surface area contributed by atoms with E-state index in [-0.39, 0.29) is 6.42 Å². The zero-order valence-electron chi connectivity index (χ0n) is 4.34. The molecule has 48 valence electrons. The van der Waals surface area contributed by atoms with Crippen LogP contribution in [0.2, 0.25) is 0 Å². The van der Waals surface area contributed by atoms with Gasteiger partial charge < -0.3 is 4.55 Å². The van der Waals surface area contributed by atoms with E-state index < -0.39 is 17.2 Å². The maximum absolute atomic E-state index is 10.1. The summed E-state index contributed by atoms with van der Waals surface area (Å²) in [6.45, 7) is 1.57. The number of rotatable bonds is 2. The van der Waals surface area contributed by atoms with Crippen LogP contribution in [0.5, 0.6) is 0 Å². The minimum atomic E-state index is -2.45. The summed E-state index contributed by atoms with van der Waals surface area (Å²) in [6.07, 6.45) is 0.188. The second-order valence-corrected chi connectivity index (χ2v) is 1.79. The molecule has 0 bridgehead atoms. The molecule has 1 atom stereocenters. The normalized spacial score (nSPS) is 12.8. The molecule has 5 heteroatoms. The third-order valence-electron chi connectivity index (χ3n) is 0.518. The van der Waals surface area contributed by atoms with E-state index >= 15 is 0 Å². The summed E-state index contributed by atoms with van der Waals surface area (Å²) in [5, 5.41) is 0. The average molecular weight is 136 g/mol. The third kappa shape index (κ3) is 3.76. The maximum atomic E-state index is 10.1. The van der Waals surface area contributed by atoms with Gasteiger partial charge in [-0.2, -0.15) is 0 Å². The van der Waals surface area contributed by atoms with E-state index in [0.29, 0.717) is 0 Å². The van der Waals surface area contributed by atoms with Crippen LogP contribution in [0.1, 0.15) is 13.3 Å². The maximum Gasteiger partial charge on any atom is 0.230 e. The molecule has 0 aromatic carbocycles. The van der Waals surface area contributed by atoms with Crippen LogP contribution in [0.4, 0.5) is 0 Å². The first-order chi connectivity index (χ1) is 3.66. The van der Waals surface area contributed by atoms with Gasteiger partial charge in [-0.15, -0.1) is 0 Å². The predicted octanol–water partition coefficient (Wildman–Crippen LogP) is -0.693. The summed E-state index contributed by atoms with van der Waals surface area (Å²) < 4.78 is 20.9. The van der Waals surface area contributed by atoms with Crippen molar-refractivity contribution in [3.05, 3.63) is 0 Å². The summed E-state index contributed by atoms with van der Waals surface area (Å²) in [4.78, 5) is 10.1. The fraction of sp³-hybridized carbons (Fsp3) is 0.667. The number of hydrogen-bond donors (Lipinski definition) is 1. The molecule has 0 saturated carbocycles. The Kier molecular flexibility index (Phi) is 3.38. The molecule has 4 nitrogen and oxygen atoms in total. The molecule has 0 fully saturated rings. The molecule has 0 rings (SSSR count). The van der Waals surface area contributed by atoms with E-state index in [2.05, 4.69) is 0 Å². The molecule has 0 aliphatic rings. The van der Waals surface area contributed by atoms with Gasteiger partial charge in [-0.25, -0.2) is 0 Å². The molecule has 8 heavy (non-hydrogen) atoms. The van der Waals surface area contributed by atoms with E-state index in [1.807, 2.05) is 0 Å². The van der Waals surface area contributed by atoms with E-state index in [0.717, 1.165) is 0 Å². The van der Waals surface area contributed by atoms with Gasteiger partial charge in [0.1, 0.15) is 0 Å². The standard InChI is InChI=1S/C3H7NO3S/c1-2-3(5)4-8(6)7/h2H2,1H3,(H,4,5)(H,6,7)/p-1. The van der Waals surface area contributed by atoms with Gasteiger partial charge in [0.2, 0.25) is 5.91 Å². The van der Waals surface area contributed by atoms with Gasteiger partial charge in [0, 0.05) is 17.7 Å². The Labute approximate surface area is 49.7 Å². The molecule has 0 saturated heterocycles. The molecular formula is C3H6NO3S-. The second-order valence-electron chi connectivity index (χ2n) is 1.11. The second kappa shape index (κ2) is 3.57. The Bertz CT molecular complexity index is 113. The van der Waals surface area contributed by atoms with Crippen LogP contribution in [-0.4, -0.2) is 14.7 Å². The van der Waals surface area contributed by atoms with Gasteiger partial charge in [-0.1, -0.05) is 6.92 Å². The van der Waals surface area contributed by atoms with Crippen LogP contribution in [-0.2, 0) is 16.1 Å². The molecule has 0 heterocycles. The molecule has 0 aliphatic carbocycles. The monoisotopic (exact) mass is 136 g/mol. The Morgan fingerprint density at radius 1 is 1.88 bits per heavy atom. The SMILES string of the molecule is CCC(=O)NS(=O)[O-]. The Morgan fingerprint density at radius 2 is 2.38 bits per heavy atom. The molecule has 1 unspecified atom stereocenters. The van der Waals surface area contributed by atoms with Crippen molar-refractivity contribution in [2.24, 2.45) is 0 Å². The van der Waals surface area contributed by atoms with Gasteiger partial charge in [0.15, 0.2) is 0 Å². The van der Waals surface area contributed by atoms with Gasteiger partial charge in [0.05, 0.1) is 0 Å². The van der Waals surface area contributed by atoms with Crippen LogP contribution in [0.3, 0.4) is 0 Å². The predicted molar refractivity (Wildman–Crippen MR) is 27.4 cm³/mol. The average Bonchev–Trinajstić information content (AvgIpc) is 1.65. The first-order valence-corrected chi connectivity index (χ1v) is 3.13. The van der Waals surface area contributed by atoms with Crippen molar-refractivity contribution in [1.82, 2.24) is 4.72 Å². The lowest BCUT2D eigenvalue weighted by Crippen LogP contribution is -2.23. The minimum absolute atomic E-state index is 0.188. The van der Waals surface area contributed by atoms with Crippen molar-refractivity contribution in [3.63, 3.8) is 0 Å². The lowest BCUT2D eigenvalue weighted by atomic mass is 10.5. The van der Waals surface area contributed by atoms with E-state index in [9.17, 15) is 13.6 Å². The van der Waals surface area contributed by atoms with Crippen LogP contribution in [0, 0.1) is 0 Å². The number of nitrogens with one attached hydrogen (secondary N) is 1. The highest BCUT2D eigenvalue weighted by molar-refractivity contribution is 7.77. The van der Waals surface area contributed by atoms with Gasteiger partial charge in [0.25, 0.3) is 0 Å². The van der Waals surface area contributed by atoms with Crippen molar-refractivity contribution in [1.29, 1.82) is 0 Å². The zero-order chi connectivity index (χ0) is 6.57. The summed E-state index contributed by atoms with van der Waals surface area (Å²) in [6, 6.07) is 0. The topological polar surface area (TPSA) is 69.2 Å². The lowest BCUT2D eigenvalue weighted by Gasteiger charge is -2.03. The van der Waals surface area contributed by atoms with Crippen LogP contribution in [0.25, 0.3) is 0 Å². The largest absolute Gasteiger partial charge is 0.755 e. The summed E-state index contributed by atoms with van der Waals surface area (Å²) in [7, 11) is 0. The minimum Gasteiger partial charge on any atom is -0.755 e. The molecule has 0 aromatic heterocycles. The molecular weight excluding hydrogens is 130 g/mol. The Balaban J connectivity index is 3.40. The first kappa shape index (κ1) is 7.58. The molecule has 0 aliphatic heterocycles.